The van der Waals surface area contributed by atoms with Gasteiger partial charge in [-0.25, -0.2) is 4.98 Å². The second-order valence-corrected chi connectivity index (χ2v) is 4.32. The Morgan fingerprint density at radius 2 is 2.26 bits per heavy atom. The molecule has 0 aliphatic rings. The molecule has 0 unspecified atom stereocenters. The molecule has 1 aromatic carbocycles. The van der Waals surface area contributed by atoms with Crippen LogP contribution in [0, 0.1) is 10.1 Å². The zero-order valence-electron chi connectivity index (χ0n) is 9.49. The van der Waals surface area contributed by atoms with Crippen LogP contribution < -0.4 is 16.6 Å². The molecule has 2 rings (SSSR count). The van der Waals surface area contributed by atoms with Gasteiger partial charge in [-0.05, 0) is 12.1 Å². The highest BCUT2D eigenvalue weighted by Crippen LogP contribution is 2.25. The van der Waals surface area contributed by atoms with Crippen molar-refractivity contribution < 1.29 is 9.72 Å². The fourth-order valence-corrected chi connectivity index (χ4v) is 1.93. The molecule has 1 aromatic heterocycles. The zero-order valence-corrected chi connectivity index (χ0v) is 10.3. The van der Waals surface area contributed by atoms with Crippen LogP contribution in [0.1, 0.15) is 10.4 Å². The number of nitrogens with two attached hydrogens (primary N) is 1. The predicted molar refractivity (Wildman–Crippen MR) is 71.0 cm³/mol. The molecule has 1 heterocycles. The summed E-state index contributed by atoms with van der Waals surface area (Å²) in [4.78, 5) is 25.9. The number of carbonyl (C=O) groups excluding carboxylic acids is 1. The third-order valence-electron chi connectivity index (χ3n) is 2.26. The number of nitrogens with one attached hydrogen (secondary N) is 2. The molecule has 4 N–H and O–H groups in total. The first kappa shape index (κ1) is 12.9. The van der Waals surface area contributed by atoms with E-state index in [9.17, 15) is 14.9 Å². The molecule has 0 aliphatic heterocycles. The van der Waals surface area contributed by atoms with E-state index in [1.165, 1.54) is 29.5 Å². The second kappa shape index (κ2) is 5.42. The minimum absolute atomic E-state index is 0.0665. The number of nitro groups is 1. The van der Waals surface area contributed by atoms with E-state index in [-0.39, 0.29) is 16.9 Å². The Morgan fingerprint density at radius 3 is 2.84 bits per heavy atom. The Labute approximate surface area is 111 Å². The molecule has 8 nitrogen and oxygen atoms in total. The predicted octanol–water partition coefficient (Wildman–Crippen LogP) is 1.59. The molecule has 0 aliphatic carbocycles. The normalized spacial score (nSPS) is 9.95. The number of nitro benzene ring substituents is 1. The highest BCUT2D eigenvalue weighted by atomic mass is 32.1. The molecule has 1 amide bonds. The molecular formula is C10H9N5O3S. The summed E-state index contributed by atoms with van der Waals surface area (Å²) in [6.45, 7) is 0. The van der Waals surface area contributed by atoms with Gasteiger partial charge in [-0.3, -0.25) is 26.1 Å². The van der Waals surface area contributed by atoms with Gasteiger partial charge in [0.05, 0.1) is 4.92 Å². The van der Waals surface area contributed by atoms with Gasteiger partial charge in [0.2, 0.25) is 0 Å². The van der Waals surface area contributed by atoms with E-state index in [2.05, 4.69) is 15.7 Å². The molecule has 0 radical (unpaired) electrons. The van der Waals surface area contributed by atoms with Gasteiger partial charge in [-0.2, -0.15) is 0 Å². The third kappa shape index (κ3) is 2.84. The maximum atomic E-state index is 11.9. The summed E-state index contributed by atoms with van der Waals surface area (Å²) < 4.78 is 0. The number of nitrogens with zero attached hydrogens (tertiary/aromatic N) is 2. The van der Waals surface area contributed by atoms with E-state index in [1.54, 1.807) is 11.6 Å². The Hall–Kier alpha value is -2.52. The topological polar surface area (TPSA) is 123 Å². The minimum Gasteiger partial charge on any atom is -0.318 e. The third-order valence-corrected chi connectivity index (χ3v) is 2.95. The van der Waals surface area contributed by atoms with Crippen molar-refractivity contribution in [1.82, 2.24) is 4.98 Å². The number of anilines is 2. The summed E-state index contributed by atoms with van der Waals surface area (Å²) in [5.74, 6) is 4.78. The number of thiazole rings is 1. The number of benzene rings is 1. The average molecular weight is 279 g/mol. The van der Waals surface area contributed by atoms with Gasteiger partial charge in [-0.15, -0.1) is 11.3 Å². The summed E-state index contributed by atoms with van der Waals surface area (Å²) in [6.07, 6.45) is 1.56. The van der Waals surface area contributed by atoms with Crippen molar-refractivity contribution in [3.63, 3.8) is 0 Å². The van der Waals surface area contributed by atoms with E-state index in [1.807, 2.05) is 0 Å². The monoisotopic (exact) mass is 279 g/mol. The van der Waals surface area contributed by atoms with E-state index in [0.29, 0.717) is 5.13 Å². The Balaban J connectivity index is 2.25. The van der Waals surface area contributed by atoms with Gasteiger partial charge >= 0.3 is 0 Å². The van der Waals surface area contributed by atoms with Crippen LogP contribution >= 0.6 is 11.3 Å². The molecule has 19 heavy (non-hydrogen) atoms. The van der Waals surface area contributed by atoms with E-state index < -0.39 is 10.8 Å². The molecule has 0 fully saturated rings. The van der Waals surface area contributed by atoms with Crippen molar-refractivity contribution in [2.24, 2.45) is 5.84 Å². The van der Waals surface area contributed by atoms with Crippen molar-refractivity contribution in [3.8, 4) is 0 Å². The smallest absolute Gasteiger partial charge is 0.293 e. The Kier molecular flexibility index (Phi) is 3.68. The fourth-order valence-electron chi connectivity index (χ4n) is 1.41. The molecule has 0 saturated carbocycles. The maximum Gasteiger partial charge on any atom is 0.293 e. The van der Waals surface area contributed by atoms with Gasteiger partial charge in [0.25, 0.3) is 11.6 Å². The number of aromatic nitrogens is 1. The Bertz CT molecular complexity index is 614. The summed E-state index contributed by atoms with van der Waals surface area (Å²) >= 11 is 1.27. The highest BCUT2D eigenvalue weighted by molar-refractivity contribution is 7.13. The number of hydrogen-bond acceptors (Lipinski definition) is 7. The first-order valence-corrected chi connectivity index (χ1v) is 5.95. The maximum absolute atomic E-state index is 11.9. The van der Waals surface area contributed by atoms with Crippen LogP contribution in [-0.4, -0.2) is 15.8 Å². The minimum atomic E-state index is -0.586. The van der Waals surface area contributed by atoms with Gasteiger partial charge in [0, 0.05) is 23.2 Å². The van der Waals surface area contributed by atoms with Crippen molar-refractivity contribution in [2.75, 3.05) is 10.7 Å². The zero-order chi connectivity index (χ0) is 13.8. The quantitative estimate of drug-likeness (QED) is 0.443. The van der Waals surface area contributed by atoms with Gasteiger partial charge in [0.1, 0.15) is 5.69 Å². The summed E-state index contributed by atoms with van der Waals surface area (Å²) in [5, 5.41) is 15.5. The second-order valence-electron chi connectivity index (χ2n) is 3.42. The number of rotatable bonds is 4. The van der Waals surface area contributed by atoms with Crippen LogP contribution in [0.2, 0.25) is 0 Å². The van der Waals surface area contributed by atoms with Crippen LogP contribution in [0.5, 0.6) is 0 Å². The molecular weight excluding hydrogens is 270 g/mol. The van der Waals surface area contributed by atoms with Gasteiger partial charge in [0.15, 0.2) is 5.13 Å². The SMILES string of the molecule is NNc1cc(C(=O)Nc2nccs2)ccc1[N+](=O)[O-]. The summed E-state index contributed by atoms with van der Waals surface area (Å²) in [7, 11) is 0. The van der Waals surface area contributed by atoms with Crippen LogP contribution in [0.15, 0.2) is 29.8 Å². The lowest BCUT2D eigenvalue weighted by Crippen LogP contribution is -2.14. The molecule has 2 aromatic rings. The standard InChI is InChI=1S/C10H9N5O3S/c11-14-7-5-6(1-2-8(7)15(17)18)9(16)13-10-12-3-4-19-10/h1-5,14H,11H2,(H,12,13,16). The first-order chi connectivity index (χ1) is 9.11. The lowest BCUT2D eigenvalue weighted by molar-refractivity contribution is -0.384. The Morgan fingerprint density at radius 1 is 1.47 bits per heavy atom. The summed E-state index contributed by atoms with van der Waals surface area (Å²) in [5.41, 5.74) is 2.31. The van der Waals surface area contributed by atoms with Gasteiger partial charge in [-0.1, -0.05) is 0 Å². The molecule has 0 bridgehead atoms. The number of nitrogen functional groups attached to an aromatic ring is 1. The summed E-state index contributed by atoms with van der Waals surface area (Å²) in [6, 6.07) is 3.87. The van der Waals surface area contributed by atoms with E-state index >= 15 is 0 Å². The molecule has 0 atom stereocenters. The van der Waals surface area contributed by atoms with Gasteiger partial charge < -0.3 is 5.43 Å². The molecule has 0 saturated heterocycles. The van der Waals surface area contributed by atoms with E-state index in [4.69, 9.17) is 5.84 Å². The van der Waals surface area contributed by atoms with E-state index in [0.717, 1.165) is 0 Å². The van der Waals surface area contributed by atoms with Crippen LogP contribution in [-0.2, 0) is 0 Å². The first-order valence-electron chi connectivity index (χ1n) is 5.07. The number of carbonyl (C=O) groups is 1. The number of hydrazine groups is 1. The van der Waals surface area contributed by atoms with Crippen LogP contribution in [0.4, 0.5) is 16.5 Å². The highest BCUT2D eigenvalue weighted by Gasteiger charge is 2.16. The number of amides is 1. The fraction of sp³-hybridized carbons (Fsp3) is 0. The molecule has 0 spiro atoms. The van der Waals surface area contributed by atoms with Crippen molar-refractivity contribution >= 4 is 33.8 Å². The van der Waals surface area contributed by atoms with Crippen LogP contribution in [0.3, 0.4) is 0 Å². The molecule has 98 valence electrons. The largest absolute Gasteiger partial charge is 0.318 e. The lowest BCUT2D eigenvalue weighted by atomic mass is 10.1. The van der Waals surface area contributed by atoms with Crippen molar-refractivity contribution in [2.45, 2.75) is 0 Å². The lowest BCUT2D eigenvalue weighted by Gasteiger charge is -2.05. The molecule has 9 heteroatoms. The average Bonchev–Trinajstić information content (AvgIpc) is 2.90. The van der Waals surface area contributed by atoms with Crippen LogP contribution in [0.25, 0.3) is 0 Å². The van der Waals surface area contributed by atoms with Crippen molar-refractivity contribution in [1.29, 1.82) is 0 Å². The van der Waals surface area contributed by atoms with Crippen molar-refractivity contribution in [3.05, 3.63) is 45.5 Å². The number of hydrogen-bond donors (Lipinski definition) is 3.